The van der Waals surface area contributed by atoms with Gasteiger partial charge in [0.05, 0.1) is 11.6 Å². The van der Waals surface area contributed by atoms with E-state index in [1.165, 1.54) is 11.1 Å². The molecule has 0 unspecified atom stereocenters. The third kappa shape index (κ3) is 5.70. The van der Waals surface area contributed by atoms with Gasteiger partial charge in [0.1, 0.15) is 0 Å². The standard InChI is InChI=1S/C30H33N7O/c1-4-27(29-33-34-35-37(29)14-12-23-9-6-5-7-10-23)36(19-24-11-8-13-31-18-24)20-26-17-25-16-21(2)15-22(3)28(25)32-30(26)38/h5-11,13,15-18,27H,4,12,14,19-20H2,1-3H3,(H,32,38)/t27-/m1/s1. The molecule has 0 radical (unpaired) electrons. The molecule has 0 bridgehead atoms. The minimum atomic E-state index is -0.0877. The van der Waals surface area contributed by atoms with Crippen LogP contribution in [-0.2, 0) is 26.1 Å². The van der Waals surface area contributed by atoms with Crippen LogP contribution in [0.5, 0.6) is 0 Å². The fourth-order valence-corrected chi connectivity index (χ4v) is 5.16. The molecule has 0 saturated carbocycles. The summed E-state index contributed by atoms with van der Waals surface area (Å²) < 4.78 is 1.90. The van der Waals surface area contributed by atoms with Gasteiger partial charge in [0, 0.05) is 37.6 Å². The third-order valence-electron chi connectivity index (χ3n) is 6.99. The summed E-state index contributed by atoms with van der Waals surface area (Å²) in [6.07, 6.45) is 5.26. The number of hydrogen-bond donors (Lipinski definition) is 1. The van der Waals surface area contributed by atoms with Gasteiger partial charge in [-0.2, -0.15) is 0 Å². The molecular formula is C30H33N7O. The Hall–Kier alpha value is -4.17. The fraction of sp³-hybridized carbons (Fsp3) is 0.300. The van der Waals surface area contributed by atoms with Crippen LogP contribution in [0.2, 0.25) is 0 Å². The molecular weight excluding hydrogens is 474 g/mol. The Morgan fingerprint density at radius 2 is 1.82 bits per heavy atom. The summed E-state index contributed by atoms with van der Waals surface area (Å²) in [4.78, 5) is 23.0. The first-order valence-electron chi connectivity index (χ1n) is 13.1. The number of hydrogen-bond acceptors (Lipinski definition) is 6. The first kappa shape index (κ1) is 25.5. The van der Waals surface area contributed by atoms with E-state index in [2.05, 4.69) is 74.6 Å². The van der Waals surface area contributed by atoms with Crippen molar-refractivity contribution in [3.05, 3.63) is 117 Å². The van der Waals surface area contributed by atoms with Gasteiger partial charge in [-0.3, -0.25) is 14.7 Å². The van der Waals surface area contributed by atoms with Gasteiger partial charge < -0.3 is 4.98 Å². The molecule has 38 heavy (non-hydrogen) atoms. The summed E-state index contributed by atoms with van der Waals surface area (Å²) in [5.74, 6) is 0.802. The van der Waals surface area contributed by atoms with Crippen molar-refractivity contribution in [1.29, 1.82) is 0 Å². The molecule has 0 fully saturated rings. The molecule has 8 heteroatoms. The van der Waals surface area contributed by atoms with Crippen LogP contribution in [-0.4, -0.2) is 35.1 Å². The number of tetrazole rings is 1. The molecule has 5 rings (SSSR count). The summed E-state index contributed by atoms with van der Waals surface area (Å²) in [6.45, 7) is 7.99. The number of aromatic amines is 1. The Bertz CT molecular complexity index is 1560. The maximum absolute atomic E-state index is 13.2. The third-order valence-corrected chi connectivity index (χ3v) is 6.99. The lowest BCUT2D eigenvalue weighted by atomic mass is 10.0. The van der Waals surface area contributed by atoms with Crippen LogP contribution >= 0.6 is 0 Å². The second-order valence-corrected chi connectivity index (χ2v) is 9.86. The summed E-state index contributed by atoms with van der Waals surface area (Å²) in [7, 11) is 0. The van der Waals surface area contributed by atoms with Crippen LogP contribution in [0.4, 0.5) is 0 Å². The van der Waals surface area contributed by atoms with Crippen molar-refractivity contribution >= 4 is 10.9 Å². The molecule has 0 aliphatic rings. The molecule has 5 aromatic rings. The van der Waals surface area contributed by atoms with E-state index >= 15 is 0 Å². The van der Waals surface area contributed by atoms with Gasteiger partial charge in [-0.05, 0) is 77.4 Å². The second-order valence-electron chi connectivity index (χ2n) is 9.86. The predicted octanol–water partition coefficient (Wildman–Crippen LogP) is 4.92. The lowest BCUT2D eigenvalue weighted by Gasteiger charge is -2.30. The van der Waals surface area contributed by atoms with Crippen LogP contribution in [0.15, 0.2) is 77.9 Å². The van der Waals surface area contributed by atoms with Gasteiger partial charge in [0.15, 0.2) is 5.82 Å². The Morgan fingerprint density at radius 3 is 2.58 bits per heavy atom. The van der Waals surface area contributed by atoms with E-state index in [4.69, 9.17) is 0 Å². The Balaban J connectivity index is 1.49. The van der Waals surface area contributed by atoms with Crippen molar-refractivity contribution in [2.24, 2.45) is 0 Å². The van der Waals surface area contributed by atoms with E-state index in [0.717, 1.165) is 40.7 Å². The lowest BCUT2D eigenvalue weighted by molar-refractivity contribution is 0.160. The molecule has 2 aromatic carbocycles. The minimum Gasteiger partial charge on any atom is -0.321 e. The number of aromatic nitrogens is 6. The number of nitrogens with zero attached hydrogens (tertiary/aromatic N) is 6. The summed E-state index contributed by atoms with van der Waals surface area (Å²) >= 11 is 0. The van der Waals surface area contributed by atoms with Crippen molar-refractivity contribution in [2.45, 2.75) is 59.3 Å². The highest BCUT2D eigenvalue weighted by atomic mass is 16.1. The quantitative estimate of drug-likeness (QED) is 0.288. The fourth-order valence-electron chi connectivity index (χ4n) is 5.16. The van der Waals surface area contributed by atoms with Crippen molar-refractivity contribution in [3.63, 3.8) is 0 Å². The number of pyridine rings is 2. The van der Waals surface area contributed by atoms with E-state index in [1.54, 1.807) is 6.20 Å². The number of aryl methyl sites for hydroxylation is 4. The molecule has 3 aromatic heterocycles. The maximum atomic E-state index is 13.2. The Labute approximate surface area is 222 Å². The normalized spacial score (nSPS) is 12.3. The molecule has 1 atom stereocenters. The highest BCUT2D eigenvalue weighted by molar-refractivity contribution is 5.82. The zero-order chi connectivity index (χ0) is 26.5. The van der Waals surface area contributed by atoms with Crippen molar-refractivity contribution in [2.75, 3.05) is 0 Å². The zero-order valence-corrected chi connectivity index (χ0v) is 22.1. The molecule has 194 valence electrons. The van der Waals surface area contributed by atoms with Gasteiger partial charge in [0.25, 0.3) is 5.56 Å². The van der Waals surface area contributed by atoms with E-state index in [1.807, 2.05) is 48.1 Å². The average molecular weight is 508 g/mol. The number of benzene rings is 2. The minimum absolute atomic E-state index is 0.0702. The molecule has 0 spiro atoms. The van der Waals surface area contributed by atoms with Crippen LogP contribution < -0.4 is 5.56 Å². The lowest BCUT2D eigenvalue weighted by Crippen LogP contribution is -2.32. The molecule has 3 heterocycles. The van der Waals surface area contributed by atoms with Gasteiger partial charge in [-0.1, -0.05) is 55.0 Å². The zero-order valence-electron chi connectivity index (χ0n) is 22.1. The van der Waals surface area contributed by atoms with Crippen LogP contribution in [0.25, 0.3) is 10.9 Å². The molecule has 0 amide bonds. The summed E-state index contributed by atoms with van der Waals surface area (Å²) in [6, 6.07) is 20.5. The topological polar surface area (TPSA) is 92.6 Å². The van der Waals surface area contributed by atoms with Gasteiger partial charge in [-0.15, -0.1) is 5.10 Å². The second kappa shape index (κ2) is 11.5. The van der Waals surface area contributed by atoms with Crippen molar-refractivity contribution in [3.8, 4) is 0 Å². The van der Waals surface area contributed by atoms with E-state index in [-0.39, 0.29) is 11.6 Å². The molecule has 0 aliphatic heterocycles. The van der Waals surface area contributed by atoms with E-state index in [0.29, 0.717) is 25.2 Å². The van der Waals surface area contributed by atoms with Gasteiger partial charge in [0.2, 0.25) is 0 Å². The first-order valence-corrected chi connectivity index (χ1v) is 13.1. The predicted molar refractivity (Wildman–Crippen MR) is 149 cm³/mol. The van der Waals surface area contributed by atoms with Gasteiger partial charge >= 0.3 is 0 Å². The summed E-state index contributed by atoms with van der Waals surface area (Å²) in [5, 5.41) is 13.9. The smallest absolute Gasteiger partial charge is 0.252 e. The van der Waals surface area contributed by atoms with Crippen LogP contribution in [0.3, 0.4) is 0 Å². The van der Waals surface area contributed by atoms with Crippen LogP contribution in [0, 0.1) is 13.8 Å². The molecule has 1 N–H and O–H groups in total. The number of nitrogens with one attached hydrogen (secondary N) is 1. The van der Waals surface area contributed by atoms with Gasteiger partial charge in [-0.25, -0.2) is 4.68 Å². The number of rotatable bonds is 10. The van der Waals surface area contributed by atoms with Crippen molar-refractivity contribution < 1.29 is 0 Å². The largest absolute Gasteiger partial charge is 0.321 e. The monoisotopic (exact) mass is 507 g/mol. The highest BCUT2D eigenvalue weighted by Crippen LogP contribution is 2.27. The Morgan fingerprint density at radius 1 is 1.00 bits per heavy atom. The SMILES string of the molecule is CC[C@H](c1nnnn1CCc1ccccc1)N(Cc1cccnc1)Cc1cc2cc(C)cc(C)c2[nH]c1=O. The number of H-pyrrole nitrogens is 1. The molecule has 0 aliphatic carbocycles. The van der Waals surface area contributed by atoms with Crippen molar-refractivity contribution in [1.82, 2.24) is 35.1 Å². The first-order chi connectivity index (χ1) is 18.5. The maximum Gasteiger partial charge on any atom is 0.252 e. The molecule has 0 saturated heterocycles. The summed E-state index contributed by atoms with van der Waals surface area (Å²) in [5.41, 5.74) is 6.08. The van der Waals surface area contributed by atoms with E-state index in [9.17, 15) is 4.79 Å². The van der Waals surface area contributed by atoms with Crippen LogP contribution in [0.1, 0.15) is 53.0 Å². The Kier molecular flexibility index (Phi) is 7.70. The van der Waals surface area contributed by atoms with E-state index < -0.39 is 0 Å². The molecule has 8 nitrogen and oxygen atoms in total. The average Bonchev–Trinajstić information content (AvgIpc) is 3.38. The highest BCUT2D eigenvalue weighted by Gasteiger charge is 2.26. The number of fused-ring (bicyclic) bond motifs is 1.